The Kier molecular flexibility index (Phi) is 1.86. The standard InChI is InChI=1S/C9H7ClN2O2/c10-4-2-1-3-5-6(4)7(11)8(12-5)9(13)14/h1-3,12H,11H2,(H,13,14). The van der Waals surface area contributed by atoms with E-state index in [2.05, 4.69) is 4.98 Å². The van der Waals surface area contributed by atoms with E-state index in [1.807, 2.05) is 0 Å². The summed E-state index contributed by atoms with van der Waals surface area (Å²) in [5, 5.41) is 9.81. The summed E-state index contributed by atoms with van der Waals surface area (Å²) < 4.78 is 0. The molecule has 0 saturated carbocycles. The predicted molar refractivity (Wildman–Crippen MR) is 54.7 cm³/mol. The van der Waals surface area contributed by atoms with Crippen LogP contribution >= 0.6 is 11.6 Å². The van der Waals surface area contributed by atoms with E-state index in [9.17, 15) is 4.79 Å². The molecule has 0 bridgehead atoms. The van der Waals surface area contributed by atoms with E-state index in [1.165, 1.54) is 0 Å². The van der Waals surface area contributed by atoms with Crippen LogP contribution in [0.2, 0.25) is 5.02 Å². The van der Waals surface area contributed by atoms with Crippen molar-refractivity contribution in [2.45, 2.75) is 0 Å². The first-order chi connectivity index (χ1) is 6.61. The Morgan fingerprint density at radius 1 is 1.50 bits per heavy atom. The van der Waals surface area contributed by atoms with E-state index in [0.717, 1.165) is 0 Å². The molecule has 1 aromatic carbocycles. The van der Waals surface area contributed by atoms with Crippen molar-refractivity contribution in [3.05, 3.63) is 28.9 Å². The average molecular weight is 211 g/mol. The molecule has 2 aromatic rings. The number of nitrogens with one attached hydrogen (secondary N) is 1. The number of nitrogens with two attached hydrogens (primary N) is 1. The molecule has 0 saturated heterocycles. The van der Waals surface area contributed by atoms with Gasteiger partial charge >= 0.3 is 5.97 Å². The van der Waals surface area contributed by atoms with Gasteiger partial charge in [0.05, 0.1) is 10.7 Å². The third kappa shape index (κ3) is 1.12. The van der Waals surface area contributed by atoms with E-state index in [-0.39, 0.29) is 11.4 Å². The number of nitrogen functional groups attached to an aromatic ring is 1. The molecule has 0 aliphatic heterocycles. The van der Waals surface area contributed by atoms with Crippen LogP contribution in [0.3, 0.4) is 0 Å². The maximum Gasteiger partial charge on any atom is 0.354 e. The smallest absolute Gasteiger partial charge is 0.354 e. The molecule has 0 aliphatic carbocycles. The maximum absolute atomic E-state index is 10.7. The molecule has 0 fully saturated rings. The number of hydrogen-bond acceptors (Lipinski definition) is 2. The number of H-pyrrole nitrogens is 1. The molecule has 0 aliphatic rings. The zero-order valence-corrected chi connectivity index (χ0v) is 7.80. The molecule has 4 N–H and O–H groups in total. The summed E-state index contributed by atoms with van der Waals surface area (Å²) in [6, 6.07) is 5.12. The SMILES string of the molecule is Nc1c(C(=O)O)[nH]c2cccc(Cl)c12. The monoisotopic (exact) mass is 210 g/mol. The molecule has 0 atom stereocenters. The molecule has 4 nitrogen and oxygen atoms in total. The Morgan fingerprint density at radius 2 is 2.21 bits per heavy atom. The van der Waals surface area contributed by atoms with Crippen LogP contribution in [0, 0.1) is 0 Å². The Balaban J connectivity index is 2.87. The quantitative estimate of drug-likeness (QED) is 0.675. The average Bonchev–Trinajstić information content (AvgIpc) is 2.45. The van der Waals surface area contributed by atoms with Crippen LogP contribution in [0.25, 0.3) is 10.9 Å². The number of carboxylic acids is 1. The predicted octanol–water partition coefficient (Wildman–Crippen LogP) is 2.10. The van der Waals surface area contributed by atoms with Crippen molar-refractivity contribution in [3.8, 4) is 0 Å². The molecule has 0 amide bonds. The topological polar surface area (TPSA) is 79.1 Å². The van der Waals surface area contributed by atoms with Gasteiger partial charge in [-0.05, 0) is 12.1 Å². The lowest BCUT2D eigenvalue weighted by atomic mass is 10.2. The van der Waals surface area contributed by atoms with Gasteiger partial charge in [-0.25, -0.2) is 4.79 Å². The lowest BCUT2D eigenvalue weighted by Gasteiger charge is -1.94. The third-order valence-corrected chi connectivity index (χ3v) is 2.34. The summed E-state index contributed by atoms with van der Waals surface area (Å²) in [6.45, 7) is 0. The van der Waals surface area contributed by atoms with Crippen molar-refractivity contribution in [3.63, 3.8) is 0 Å². The number of carbonyl (C=O) groups is 1. The van der Waals surface area contributed by atoms with Gasteiger partial charge in [0.15, 0.2) is 0 Å². The molecule has 0 spiro atoms. The number of halogens is 1. The van der Waals surface area contributed by atoms with Crippen molar-refractivity contribution >= 4 is 34.2 Å². The molecule has 0 radical (unpaired) electrons. The summed E-state index contributed by atoms with van der Waals surface area (Å²) in [5.41, 5.74) is 6.43. The van der Waals surface area contributed by atoms with E-state index >= 15 is 0 Å². The number of rotatable bonds is 1. The lowest BCUT2D eigenvalue weighted by molar-refractivity contribution is 0.0692. The molecular formula is C9H7ClN2O2. The number of hydrogen-bond donors (Lipinski definition) is 3. The van der Waals surface area contributed by atoms with Gasteiger partial charge in [0.2, 0.25) is 0 Å². The highest BCUT2D eigenvalue weighted by atomic mass is 35.5. The fourth-order valence-electron chi connectivity index (χ4n) is 1.40. The van der Waals surface area contributed by atoms with Gasteiger partial charge in [-0.1, -0.05) is 17.7 Å². The van der Waals surface area contributed by atoms with Gasteiger partial charge in [-0.3, -0.25) is 0 Å². The molecule has 0 unspecified atom stereocenters. The van der Waals surface area contributed by atoms with Crippen LogP contribution in [0.1, 0.15) is 10.5 Å². The van der Waals surface area contributed by atoms with Gasteiger partial charge < -0.3 is 15.8 Å². The van der Waals surface area contributed by atoms with Crippen LogP contribution < -0.4 is 5.73 Å². The number of aromatic nitrogens is 1. The minimum absolute atomic E-state index is 0.0203. The molecule has 2 rings (SSSR count). The fraction of sp³-hybridized carbons (Fsp3) is 0. The van der Waals surface area contributed by atoms with E-state index in [4.69, 9.17) is 22.4 Å². The van der Waals surface area contributed by atoms with Gasteiger partial charge in [0.1, 0.15) is 5.69 Å². The second kappa shape index (κ2) is 2.92. The van der Waals surface area contributed by atoms with Gasteiger partial charge in [0, 0.05) is 10.9 Å². The van der Waals surface area contributed by atoms with Crippen LogP contribution in [-0.2, 0) is 0 Å². The van der Waals surface area contributed by atoms with Crippen molar-refractivity contribution in [1.29, 1.82) is 0 Å². The van der Waals surface area contributed by atoms with Gasteiger partial charge in [-0.2, -0.15) is 0 Å². The van der Waals surface area contributed by atoms with E-state index in [0.29, 0.717) is 15.9 Å². The highest BCUT2D eigenvalue weighted by molar-refractivity contribution is 6.37. The minimum atomic E-state index is -1.09. The normalized spacial score (nSPS) is 10.6. The first kappa shape index (κ1) is 8.90. The van der Waals surface area contributed by atoms with Crippen LogP contribution in [0.4, 0.5) is 5.69 Å². The summed E-state index contributed by atoms with van der Waals surface area (Å²) in [7, 11) is 0. The largest absolute Gasteiger partial charge is 0.477 e. The summed E-state index contributed by atoms with van der Waals surface area (Å²) in [4.78, 5) is 13.4. The molecule has 1 aromatic heterocycles. The lowest BCUT2D eigenvalue weighted by Crippen LogP contribution is -2.00. The highest BCUT2D eigenvalue weighted by Gasteiger charge is 2.15. The number of aromatic carboxylic acids is 1. The maximum atomic E-state index is 10.7. The molecule has 5 heteroatoms. The van der Waals surface area contributed by atoms with Crippen molar-refractivity contribution in [1.82, 2.24) is 4.98 Å². The van der Waals surface area contributed by atoms with E-state index < -0.39 is 5.97 Å². The molecule has 72 valence electrons. The molecule has 14 heavy (non-hydrogen) atoms. The summed E-state index contributed by atoms with van der Waals surface area (Å²) in [5.74, 6) is -1.09. The third-order valence-electron chi connectivity index (χ3n) is 2.03. The molecule has 1 heterocycles. The number of aromatic amines is 1. The first-order valence-corrected chi connectivity index (χ1v) is 4.28. The van der Waals surface area contributed by atoms with Crippen LogP contribution in [-0.4, -0.2) is 16.1 Å². The Hall–Kier alpha value is -1.68. The summed E-state index contributed by atoms with van der Waals surface area (Å²) >= 11 is 5.89. The van der Waals surface area contributed by atoms with Gasteiger partial charge in [-0.15, -0.1) is 0 Å². The van der Waals surface area contributed by atoms with E-state index in [1.54, 1.807) is 18.2 Å². The summed E-state index contributed by atoms with van der Waals surface area (Å²) in [6.07, 6.45) is 0. The van der Waals surface area contributed by atoms with Crippen molar-refractivity contribution in [2.75, 3.05) is 5.73 Å². The Labute approximate surface area is 84.3 Å². The van der Waals surface area contributed by atoms with Gasteiger partial charge in [0.25, 0.3) is 0 Å². The second-order valence-corrected chi connectivity index (χ2v) is 3.29. The number of anilines is 1. The van der Waals surface area contributed by atoms with Crippen molar-refractivity contribution < 1.29 is 9.90 Å². The second-order valence-electron chi connectivity index (χ2n) is 2.88. The molecular weight excluding hydrogens is 204 g/mol. The number of fused-ring (bicyclic) bond motifs is 1. The first-order valence-electron chi connectivity index (χ1n) is 3.90. The zero-order chi connectivity index (χ0) is 10.3. The van der Waals surface area contributed by atoms with Crippen LogP contribution in [0.15, 0.2) is 18.2 Å². The Bertz CT molecular complexity index is 519. The van der Waals surface area contributed by atoms with Crippen molar-refractivity contribution in [2.24, 2.45) is 0 Å². The fourth-order valence-corrected chi connectivity index (χ4v) is 1.67. The van der Waals surface area contributed by atoms with Crippen LogP contribution in [0.5, 0.6) is 0 Å². The zero-order valence-electron chi connectivity index (χ0n) is 7.04. The number of carboxylic acid groups (broad SMARTS) is 1. The highest BCUT2D eigenvalue weighted by Crippen LogP contribution is 2.30. The minimum Gasteiger partial charge on any atom is -0.477 e. The number of benzene rings is 1. The Morgan fingerprint density at radius 3 is 2.79 bits per heavy atom.